The fourth-order valence-electron chi connectivity index (χ4n) is 2.29. The SMILES string of the molecule is CC1(C)CCCC2(CO2)C1. The van der Waals surface area contributed by atoms with Gasteiger partial charge in [-0.25, -0.2) is 0 Å². The fraction of sp³-hybridized carbons (Fsp3) is 1.00. The molecular formula is C9H16O. The molecule has 2 aliphatic rings. The van der Waals surface area contributed by atoms with Gasteiger partial charge < -0.3 is 4.74 Å². The van der Waals surface area contributed by atoms with E-state index in [1.165, 1.54) is 25.7 Å². The highest BCUT2D eigenvalue weighted by Crippen LogP contribution is 2.49. The Labute approximate surface area is 62.8 Å². The van der Waals surface area contributed by atoms with Crippen LogP contribution in [0.5, 0.6) is 0 Å². The molecule has 10 heavy (non-hydrogen) atoms. The lowest BCUT2D eigenvalue weighted by Gasteiger charge is -2.33. The van der Waals surface area contributed by atoms with Crippen molar-refractivity contribution in [1.82, 2.24) is 0 Å². The van der Waals surface area contributed by atoms with Crippen LogP contribution in [0.25, 0.3) is 0 Å². The van der Waals surface area contributed by atoms with Gasteiger partial charge in [0.05, 0.1) is 12.2 Å². The molecule has 0 radical (unpaired) electrons. The van der Waals surface area contributed by atoms with E-state index in [2.05, 4.69) is 13.8 Å². The maximum atomic E-state index is 5.47. The minimum atomic E-state index is 0.363. The van der Waals surface area contributed by atoms with Crippen molar-refractivity contribution < 1.29 is 4.74 Å². The second kappa shape index (κ2) is 1.76. The van der Waals surface area contributed by atoms with Crippen molar-refractivity contribution >= 4 is 0 Å². The van der Waals surface area contributed by atoms with E-state index in [-0.39, 0.29) is 0 Å². The summed E-state index contributed by atoms with van der Waals surface area (Å²) in [5.41, 5.74) is 0.913. The average molecular weight is 140 g/mol. The zero-order valence-electron chi connectivity index (χ0n) is 6.94. The first-order valence-electron chi connectivity index (χ1n) is 4.26. The first kappa shape index (κ1) is 6.66. The van der Waals surface area contributed by atoms with Crippen LogP contribution in [0.2, 0.25) is 0 Å². The highest BCUT2D eigenvalue weighted by atomic mass is 16.6. The minimum Gasteiger partial charge on any atom is -0.370 e. The first-order chi connectivity index (χ1) is 4.62. The molecule has 1 nitrogen and oxygen atoms in total. The molecule has 0 amide bonds. The normalized spacial score (nSPS) is 43.8. The molecular weight excluding hydrogens is 124 g/mol. The van der Waals surface area contributed by atoms with Crippen LogP contribution in [0.4, 0.5) is 0 Å². The number of hydrogen-bond acceptors (Lipinski definition) is 1. The molecule has 1 saturated carbocycles. The van der Waals surface area contributed by atoms with E-state index in [1.807, 2.05) is 0 Å². The van der Waals surface area contributed by atoms with Gasteiger partial charge in [0, 0.05) is 0 Å². The molecule has 1 atom stereocenters. The highest BCUT2D eigenvalue weighted by molar-refractivity contribution is 4.99. The average Bonchev–Trinajstić information content (AvgIpc) is 2.45. The third-order valence-electron chi connectivity index (χ3n) is 2.84. The van der Waals surface area contributed by atoms with Gasteiger partial charge in [0.25, 0.3) is 0 Å². The van der Waals surface area contributed by atoms with Gasteiger partial charge in [-0.05, 0) is 31.1 Å². The molecule has 0 aromatic carbocycles. The van der Waals surface area contributed by atoms with E-state index < -0.39 is 0 Å². The van der Waals surface area contributed by atoms with E-state index in [0.29, 0.717) is 11.0 Å². The zero-order valence-corrected chi connectivity index (χ0v) is 6.94. The Balaban J connectivity index is 2.04. The second-order valence-electron chi connectivity index (χ2n) is 4.67. The summed E-state index contributed by atoms with van der Waals surface area (Å²) < 4.78 is 5.47. The predicted molar refractivity (Wildman–Crippen MR) is 40.9 cm³/mol. The molecule has 58 valence electrons. The Bertz CT molecular complexity index is 141. The second-order valence-corrected chi connectivity index (χ2v) is 4.67. The van der Waals surface area contributed by atoms with E-state index in [1.54, 1.807) is 0 Å². The summed E-state index contributed by atoms with van der Waals surface area (Å²) in [6.07, 6.45) is 5.36. The maximum Gasteiger partial charge on any atom is 0.0921 e. The van der Waals surface area contributed by atoms with Gasteiger partial charge in [-0.1, -0.05) is 13.8 Å². The number of ether oxygens (including phenoxy) is 1. The fourth-order valence-corrected chi connectivity index (χ4v) is 2.29. The number of hydrogen-bond donors (Lipinski definition) is 0. The molecule has 0 N–H and O–H groups in total. The third-order valence-corrected chi connectivity index (χ3v) is 2.84. The Hall–Kier alpha value is -0.0400. The van der Waals surface area contributed by atoms with Gasteiger partial charge in [-0.15, -0.1) is 0 Å². The van der Waals surface area contributed by atoms with Gasteiger partial charge in [0.1, 0.15) is 0 Å². The monoisotopic (exact) mass is 140 g/mol. The molecule has 1 aliphatic heterocycles. The van der Waals surface area contributed by atoms with Crippen LogP contribution >= 0.6 is 0 Å². The first-order valence-corrected chi connectivity index (χ1v) is 4.26. The molecule has 1 aliphatic carbocycles. The summed E-state index contributed by atoms with van der Waals surface area (Å²) in [6, 6.07) is 0. The van der Waals surface area contributed by atoms with E-state index in [0.717, 1.165) is 6.61 Å². The summed E-state index contributed by atoms with van der Waals surface area (Å²) in [5.74, 6) is 0. The summed E-state index contributed by atoms with van der Waals surface area (Å²) >= 11 is 0. The van der Waals surface area contributed by atoms with Crippen LogP contribution in [0, 0.1) is 5.41 Å². The van der Waals surface area contributed by atoms with Crippen molar-refractivity contribution in [2.75, 3.05) is 6.61 Å². The van der Waals surface area contributed by atoms with Crippen molar-refractivity contribution in [1.29, 1.82) is 0 Å². The molecule has 0 bridgehead atoms. The topological polar surface area (TPSA) is 12.5 Å². The van der Waals surface area contributed by atoms with Gasteiger partial charge in [-0.3, -0.25) is 0 Å². The predicted octanol–water partition coefficient (Wildman–Crippen LogP) is 2.36. The Kier molecular flexibility index (Phi) is 1.17. The van der Waals surface area contributed by atoms with Crippen molar-refractivity contribution in [3.8, 4) is 0 Å². The van der Waals surface area contributed by atoms with Gasteiger partial charge in [0.2, 0.25) is 0 Å². The highest BCUT2D eigenvalue weighted by Gasteiger charge is 2.50. The van der Waals surface area contributed by atoms with Crippen molar-refractivity contribution in [2.45, 2.75) is 45.1 Å². The van der Waals surface area contributed by atoms with E-state index in [9.17, 15) is 0 Å². The lowest BCUT2D eigenvalue weighted by atomic mass is 9.72. The summed E-state index contributed by atoms with van der Waals surface area (Å²) in [7, 11) is 0. The van der Waals surface area contributed by atoms with Crippen LogP contribution in [0.1, 0.15) is 39.5 Å². The molecule has 0 aromatic rings. The van der Waals surface area contributed by atoms with E-state index >= 15 is 0 Å². The van der Waals surface area contributed by atoms with E-state index in [4.69, 9.17) is 4.74 Å². The zero-order chi connectivity index (χ0) is 7.24. The molecule has 1 unspecified atom stereocenters. The maximum absolute atomic E-state index is 5.47. The lowest BCUT2D eigenvalue weighted by Crippen LogP contribution is -2.28. The molecule has 2 rings (SSSR count). The Morgan fingerprint density at radius 2 is 1.90 bits per heavy atom. The molecule has 1 heterocycles. The smallest absolute Gasteiger partial charge is 0.0921 e. The van der Waals surface area contributed by atoms with Crippen LogP contribution in [0.3, 0.4) is 0 Å². The number of epoxide rings is 1. The van der Waals surface area contributed by atoms with Crippen LogP contribution < -0.4 is 0 Å². The molecule has 0 aromatic heterocycles. The van der Waals surface area contributed by atoms with Crippen molar-refractivity contribution in [2.24, 2.45) is 5.41 Å². The Morgan fingerprint density at radius 3 is 2.30 bits per heavy atom. The Morgan fingerprint density at radius 1 is 1.20 bits per heavy atom. The largest absolute Gasteiger partial charge is 0.370 e. The molecule has 1 saturated heterocycles. The third kappa shape index (κ3) is 1.07. The standard InChI is InChI=1S/C9H16O/c1-8(2)4-3-5-9(6-8)7-10-9/h3-7H2,1-2H3. The van der Waals surface area contributed by atoms with Gasteiger partial charge in [0.15, 0.2) is 0 Å². The van der Waals surface area contributed by atoms with Crippen molar-refractivity contribution in [3.05, 3.63) is 0 Å². The van der Waals surface area contributed by atoms with Crippen LogP contribution in [-0.2, 0) is 4.74 Å². The molecule has 1 spiro atoms. The van der Waals surface area contributed by atoms with Gasteiger partial charge >= 0.3 is 0 Å². The molecule has 1 heteroatoms. The summed E-state index contributed by atoms with van der Waals surface area (Å²) in [5, 5.41) is 0. The summed E-state index contributed by atoms with van der Waals surface area (Å²) in [6.45, 7) is 5.75. The van der Waals surface area contributed by atoms with Gasteiger partial charge in [-0.2, -0.15) is 0 Å². The quantitative estimate of drug-likeness (QED) is 0.470. The minimum absolute atomic E-state index is 0.363. The number of rotatable bonds is 0. The summed E-state index contributed by atoms with van der Waals surface area (Å²) in [4.78, 5) is 0. The lowest BCUT2D eigenvalue weighted by molar-refractivity contribution is 0.135. The van der Waals surface area contributed by atoms with Crippen LogP contribution in [0.15, 0.2) is 0 Å². The van der Waals surface area contributed by atoms with Crippen LogP contribution in [-0.4, -0.2) is 12.2 Å². The molecule has 2 fully saturated rings. The van der Waals surface area contributed by atoms with Crippen molar-refractivity contribution in [3.63, 3.8) is 0 Å².